The number of carbonyl (C=O) groups excluding carboxylic acids is 1. The summed E-state index contributed by atoms with van der Waals surface area (Å²) in [4.78, 5) is 10.8. The van der Waals surface area contributed by atoms with Crippen LogP contribution in [0.1, 0.15) is 51.9 Å². The molecule has 0 aromatic carbocycles. The first-order chi connectivity index (χ1) is 6.66. The summed E-state index contributed by atoms with van der Waals surface area (Å²) in [6, 6.07) is 0. The van der Waals surface area contributed by atoms with E-state index in [-0.39, 0.29) is 0 Å². The minimum atomic E-state index is -2.46. The van der Waals surface area contributed by atoms with Crippen molar-refractivity contribution in [1.82, 2.24) is 4.72 Å². The second-order valence-electron chi connectivity index (χ2n) is 3.28. The maximum atomic E-state index is 10.8. The maximum Gasteiger partial charge on any atom is 0.230 e. The molecule has 0 aliphatic rings. The van der Waals surface area contributed by atoms with Crippen LogP contribution in [-0.2, 0) is 16.1 Å². The molecule has 0 saturated heterocycles. The Morgan fingerprint density at radius 3 is 2.36 bits per heavy atom. The lowest BCUT2D eigenvalue weighted by molar-refractivity contribution is -0.119. The molecule has 0 aliphatic heterocycles. The lowest BCUT2D eigenvalue weighted by Gasteiger charge is -2.06. The monoisotopic (exact) mass is 220 g/mol. The van der Waals surface area contributed by atoms with E-state index in [0.717, 1.165) is 19.3 Å². The molecule has 5 heteroatoms. The Balaban J connectivity index is 3.19. The molecule has 0 aliphatic carbocycles. The largest absolute Gasteiger partial charge is 0.755 e. The number of hydrogen-bond donors (Lipinski definition) is 1. The van der Waals surface area contributed by atoms with Gasteiger partial charge in [-0.3, -0.25) is 13.7 Å². The molecule has 1 atom stereocenters. The molecular formula is C9H18NO3S-. The third-order valence-corrected chi connectivity index (χ3v) is 2.35. The fourth-order valence-corrected chi connectivity index (χ4v) is 1.50. The van der Waals surface area contributed by atoms with E-state index in [0.29, 0.717) is 6.42 Å². The van der Waals surface area contributed by atoms with Gasteiger partial charge in [0, 0.05) is 17.7 Å². The topological polar surface area (TPSA) is 69.2 Å². The number of hydrogen-bond acceptors (Lipinski definition) is 3. The molecular weight excluding hydrogens is 202 g/mol. The first kappa shape index (κ1) is 13.6. The molecule has 0 saturated carbocycles. The molecule has 1 unspecified atom stereocenters. The van der Waals surface area contributed by atoms with Crippen molar-refractivity contribution in [3.05, 3.63) is 0 Å². The van der Waals surface area contributed by atoms with Crippen molar-refractivity contribution in [1.29, 1.82) is 0 Å². The number of unbranched alkanes of at least 4 members (excludes halogenated alkanes) is 5. The van der Waals surface area contributed by atoms with Crippen LogP contribution in [0.4, 0.5) is 0 Å². The van der Waals surface area contributed by atoms with Crippen LogP contribution in [0.5, 0.6) is 0 Å². The molecule has 1 amide bonds. The molecule has 0 aromatic heterocycles. The summed E-state index contributed by atoms with van der Waals surface area (Å²) in [5.41, 5.74) is 0. The lowest BCUT2D eigenvalue weighted by atomic mass is 10.1. The Kier molecular flexibility index (Phi) is 8.87. The highest BCUT2D eigenvalue weighted by Crippen LogP contribution is 2.06. The van der Waals surface area contributed by atoms with E-state index in [1.807, 2.05) is 4.72 Å². The van der Waals surface area contributed by atoms with Crippen molar-refractivity contribution >= 4 is 17.2 Å². The van der Waals surface area contributed by atoms with E-state index in [9.17, 15) is 13.6 Å². The molecule has 0 rings (SSSR count). The Labute approximate surface area is 87.9 Å². The standard InChI is InChI=1S/C9H19NO3S/c1-2-3-4-5-6-7-8-9(11)10-14(12)13/h2-8H2,1H3,(H,10,11)(H,12,13)/p-1. The predicted octanol–water partition coefficient (Wildman–Crippen LogP) is 1.65. The molecule has 0 bridgehead atoms. The van der Waals surface area contributed by atoms with Crippen molar-refractivity contribution in [2.75, 3.05) is 0 Å². The number of carbonyl (C=O) groups is 1. The van der Waals surface area contributed by atoms with Crippen LogP contribution < -0.4 is 4.72 Å². The molecule has 0 aromatic rings. The molecule has 14 heavy (non-hydrogen) atoms. The van der Waals surface area contributed by atoms with Gasteiger partial charge in [0.25, 0.3) is 0 Å². The summed E-state index contributed by atoms with van der Waals surface area (Å²) in [5, 5.41) is 0. The highest BCUT2D eigenvalue weighted by atomic mass is 32.2. The Hall–Kier alpha value is -0.420. The minimum Gasteiger partial charge on any atom is -0.755 e. The van der Waals surface area contributed by atoms with Gasteiger partial charge in [-0.15, -0.1) is 0 Å². The van der Waals surface area contributed by atoms with Crippen molar-refractivity contribution in [3.8, 4) is 0 Å². The molecule has 0 heterocycles. The van der Waals surface area contributed by atoms with Gasteiger partial charge in [-0.2, -0.15) is 0 Å². The summed E-state index contributed by atoms with van der Waals surface area (Å²) in [5.74, 6) is -0.408. The fourth-order valence-electron chi connectivity index (χ4n) is 1.21. The first-order valence-corrected chi connectivity index (χ1v) is 6.13. The zero-order chi connectivity index (χ0) is 10.8. The summed E-state index contributed by atoms with van der Waals surface area (Å²) in [6.07, 6.45) is 6.84. The smallest absolute Gasteiger partial charge is 0.230 e. The van der Waals surface area contributed by atoms with Crippen molar-refractivity contribution in [3.63, 3.8) is 0 Å². The average Bonchev–Trinajstić information content (AvgIpc) is 2.10. The average molecular weight is 220 g/mol. The number of rotatable bonds is 8. The van der Waals surface area contributed by atoms with E-state index in [2.05, 4.69) is 6.92 Å². The zero-order valence-electron chi connectivity index (χ0n) is 8.58. The zero-order valence-corrected chi connectivity index (χ0v) is 9.40. The Bertz CT molecular complexity index is 185. The molecule has 0 fully saturated rings. The van der Waals surface area contributed by atoms with Crippen LogP contribution in [0.25, 0.3) is 0 Å². The van der Waals surface area contributed by atoms with Crippen molar-refractivity contribution in [2.45, 2.75) is 51.9 Å². The van der Waals surface area contributed by atoms with Crippen LogP contribution in [-0.4, -0.2) is 14.7 Å². The second-order valence-corrected chi connectivity index (χ2v) is 3.95. The normalized spacial score (nSPS) is 12.4. The highest BCUT2D eigenvalue weighted by Gasteiger charge is 1.99. The fraction of sp³-hybridized carbons (Fsp3) is 0.889. The SMILES string of the molecule is CCCCCCCCC(=O)NS(=O)[O-]. The van der Waals surface area contributed by atoms with Crippen molar-refractivity contribution < 1.29 is 13.6 Å². The minimum absolute atomic E-state index is 0.306. The first-order valence-electron chi connectivity index (χ1n) is 5.05. The van der Waals surface area contributed by atoms with Gasteiger partial charge >= 0.3 is 0 Å². The predicted molar refractivity (Wildman–Crippen MR) is 55.1 cm³/mol. The number of amides is 1. The van der Waals surface area contributed by atoms with Gasteiger partial charge < -0.3 is 4.55 Å². The van der Waals surface area contributed by atoms with Crippen LogP contribution in [0.15, 0.2) is 0 Å². The van der Waals surface area contributed by atoms with Crippen molar-refractivity contribution in [2.24, 2.45) is 0 Å². The van der Waals surface area contributed by atoms with Gasteiger partial charge in [0.2, 0.25) is 5.91 Å². The summed E-state index contributed by atoms with van der Waals surface area (Å²) < 4.78 is 21.9. The van der Waals surface area contributed by atoms with Gasteiger partial charge in [-0.1, -0.05) is 39.0 Å². The summed E-state index contributed by atoms with van der Waals surface area (Å²) in [7, 11) is 0. The van der Waals surface area contributed by atoms with E-state index < -0.39 is 17.2 Å². The van der Waals surface area contributed by atoms with Crippen LogP contribution in [0.3, 0.4) is 0 Å². The number of nitrogens with one attached hydrogen (secondary N) is 1. The quantitative estimate of drug-likeness (QED) is 0.499. The van der Waals surface area contributed by atoms with E-state index in [1.165, 1.54) is 19.3 Å². The van der Waals surface area contributed by atoms with E-state index >= 15 is 0 Å². The van der Waals surface area contributed by atoms with Crippen LogP contribution in [0, 0.1) is 0 Å². The Morgan fingerprint density at radius 2 is 1.79 bits per heavy atom. The lowest BCUT2D eigenvalue weighted by Crippen LogP contribution is -2.24. The third kappa shape index (κ3) is 9.67. The molecule has 1 N–H and O–H groups in total. The van der Waals surface area contributed by atoms with Gasteiger partial charge in [0.05, 0.1) is 0 Å². The van der Waals surface area contributed by atoms with Gasteiger partial charge in [0.15, 0.2) is 0 Å². The molecule has 4 nitrogen and oxygen atoms in total. The molecule has 84 valence electrons. The van der Waals surface area contributed by atoms with Crippen LogP contribution >= 0.6 is 0 Å². The summed E-state index contributed by atoms with van der Waals surface area (Å²) >= 11 is -2.46. The summed E-state index contributed by atoms with van der Waals surface area (Å²) in [6.45, 7) is 2.15. The van der Waals surface area contributed by atoms with Gasteiger partial charge in [-0.05, 0) is 6.42 Å². The molecule has 0 spiro atoms. The Morgan fingerprint density at radius 1 is 1.21 bits per heavy atom. The highest BCUT2D eigenvalue weighted by molar-refractivity contribution is 7.77. The van der Waals surface area contributed by atoms with Gasteiger partial charge in [0.1, 0.15) is 0 Å². The second kappa shape index (κ2) is 9.15. The van der Waals surface area contributed by atoms with E-state index in [1.54, 1.807) is 0 Å². The van der Waals surface area contributed by atoms with E-state index in [4.69, 9.17) is 0 Å². The molecule has 0 radical (unpaired) electrons. The maximum absolute atomic E-state index is 10.8. The van der Waals surface area contributed by atoms with Crippen LogP contribution in [0.2, 0.25) is 0 Å². The third-order valence-electron chi connectivity index (χ3n) is 1.95. The van der Waals surface area contributed by atoms with Gasteiger partial charge in [-0.25, -0.2) is 0 Å².